The molecule has 6 heteroatoms. The molecule has 0 bridgehead atoms. The van der Waals surface area contributed by atoms with Crippen molar-refractivity contribution in [3.63, 3.8) is 0 Å². The van der Waals surface area contributed by atoms with Gasteiger partial charge in [-0.15, -0.1) is 0 Å². The molecule has 1 aliphatic rings. The second kappa shape index (κ2) is 5.11. The highest BCUT2D eigenvalue weighted by atomic mass is 16.3. The number of likely N-dealkylation sites (tertiary alicyclic amines) is 1. The molecule has 1 fully saturated rings. The lowest BCUT2D eigenvalue weighted by Crippen LogP contribution is -2.46. The number of hydrogen-bond donors (Lipinski definition) is 1. The second-order valence-electron chi connectivity index (χ2n) is 5.90. The van der Waals surface area contributed by atoms with Crippen LogP contribution < -0.4 is 0 Å². The molecule has 1 amide bonds. The maximum Gasteiger partial charge on any atom is 0.257 e. The van der Waals surface area contributed by atoms with Gasteiger partial charge in [0.2, 0.25) is 0 Å². The van der Waals surface area contributed by atoms with Crippen molar-refractivity contribution in [2.45, 2.75) is 33.3 Å². The van der Waals surface area contributed by atoms with Crippen molar-refractivity contribution in [1.29, 1.82) is 0 Å². The van der Waals surface area contributed by atoms with Crippen molar-refractivity contribution < 1.29 is 9.90 Å². The van der Waals surface area contributed by atoms with Gasteiger partial charge in [0.05, 0.1) is 23.1 Å². The highest BCUT2D eigenvalue weighted by Gasteiger charge is 2.29. The molecule has 2 aromatic rings. The Morgan fingerprint density at radius 2 is 2.19 bits per heavy atom. The van der Waals surface area contributed by atoms with Gasteiger partial charge >= 0.3 is 0 Å². The molecule has 1 aliphatic heterocycles. The molecule has 3 rings (SSSR count). The molecule has 21 heavy (non-hydrogen) atoms. The van der Waals surface area contributed by atoms with Gasteiger partial charge in [0, 0.05) is 25.4 Å². The van der Waals surface area contributed by atoms with E-state index in [1.165, 1.54) is 0 Å². The zero-order valence-corrected chi connectivity index (χ0v) is 12.6. The number of β-amino-alcohol motifs (C(OH)–C–C–N with tert-alkyl or cyclic N) is 1. The van der Waals surface area contributed by atoms with Crippen LogP contribution in [-0.4, -0.2) is 49.7 Å². The molecular formula is C15H20N4O2. The second-order valence-corrected chi connectivity index (χ2v) is 5.90. The lowest BCUT2D eigenvalue weighted by atomic mass is 9.95. The van der Waals surface area contributed by atoms with E-state index in [-0.39, 0.29) is 11.8 Å². The molecule has 0 aromatic carbocycles. The standard InChI is InChI=1S/C15H20N4O2/c1-9-4-5-18(8-13(9)20)15(21)12-7-16-14-6-10(2)17-19(14)11(12)3/h6-7,9,13,20H,4-5,8H2,1-3H3. The predicted molar refractivity (Wildman–Crippen MR) is 78.2 cm³/mol. The fourth-order valence-electron chi connectivity index (χ4n) is 2.78. The van der Waals surface area contributed by atoms with E-state index in [1.54, 1.807) is 15.6 Å². The summed E-state index contributed by atoms with van der Waals surface area (Å²) in [5.74, 6) is 0.158. The van der Waals surface area contributed by atoms with Crippen LogP contribution in [0.5, 0.6) is 0 Å². The van der Waals surface area contributed by atoms with Gasteiger partial charge in [-0.2, -0.15) is 5.10 Å². The minimum absolute atomic E-state index is 0.0824. The molecule has 1 N–H and O–H groups in total. The highest BCUT2D eigenvalue weighted by Crippen LogP contribution is 2.20. The van der Waals surface area contributed by atoms with Gasteiger partial charge in [0.15, 0.2) is 5.65 Å². The Morgan fingerprint density at radius 3 is 2.90 bits per heavy atom. The Kier molecular flexibility index (Phi) is 3.41. The first-order chi connectivity index (χ1) is 9.97. The van der Waals surface area contributed by atoms with Crippen molar-refractivity contribution in [1.82, 2.24) is 19.5 Å². The summed E-state index contributed by atoms with van der Waals surface area (Å²) in [6.07, 6.45) is 1.98. The number of hydrogen-bond acceptors (Lipinski definition) is 4. The summed E-state index contributed by atoms with van der Waals surface area (Å²) < 4.78 is 1.70. The van der Waals surface area contributed by atoms with Crippen LogP contribution in [0.15, 0.2) is 12.3 Å². The van der Waals surface area contributed by atoms with Crippen molar-refractivity contribution in [2.75, 3.05) is 13.1 Å². The lowest BCUT2D eigenvalue weighted by Gasteiger charge is -2.34. The number of nitrogens with zero attached hydrogens (tertiary/aromatic N) is 4. The number of rotatable bonds is 1. The quantitative estimate of drug-likeness (QED) is 0.855. The number of amides is 1. The van der Waals surface area contributed by atoms with E-state index in [0.29, 0.717) is 18.7 Å². The maximum atomic E-state index is 12.7. The van der Waals surface area contributed by atoms with Crippen LogP contribution in [0.4, 0.5) is 0 Å². The first-order valence-electron chi connectivity index (χ1n) is 7.26. The van der Waals surface area contributed by atoms with E-state index in [9.17, 15) is 9.90 Å². The van der Waals surface area contributed by atoms with Crippen molar-refractivity contribution >= 4 is 11.6 Å². The van der Waals surface area contributed by atoms with Gasteiger partial charge < -0.3 is 10.0 Å². The number of aliphatic hydroxyl groups excluding tert-OH is 1. The van der Waals surface area contributed by atoms with E-state index < -0.39 is 6.10 Å². The third-order valence-corrected chi connectivity index (χ3v) is 4.28. The number of aryl methyl sites for hydroxylation is 2. The Bertz CT molecular complexity index is 694. The number of aromatic nitrogens is 3. The van der Waals surface area contributed by atoms with Gasteiger partial charge in [-0.1, -0.05) is 6.92 Å². The number of fused-ring (bicyclic) bond motifs is 1. The minimum atomic E-state index is -0.452. The Morgan fingerprint density at radius 1 is 1.43 bits per heavy atom. The Labute approximate surface area is 123 Å². The number of piperidine rings is 1. The van der Waals surface area contributed by atoms with Gasteiger partial charge in [-0.05, 0) is 26.2 Å². The van der Waals surface area contributed by atoms with Crippen molar-refractivity contribution in [3.8, 4) is 0 Å². The fourth-order valence-corrected chi connectivity index (χ4v) is 2.78. The van der Waals surface area contributed by atoms with Crippen LogP contribution in [-0.2, 0) is 0 Å². The molecule has 112 valence electrons. The average Bonchev–Trinajstić information content (AvgIpc) is 2.83. The van der Waals surface area contributed by atoms with Crippen molar-refractivity contribution in [3.05, 3.63) is 29.2 Å². The SMILES string of the molecule is Cc1cc2ncc(C(=O)N3CCC(C)C(O)C3)c(C)n2n1. The third kappa shape index (κ3) is 2.40. The Balaban J connectivity index is 1.93. The van der Waals surface area contributed by atoms with E-state index in [0.717, 1.165) is 23.5 Å². The fraction of sp³-hybridized carbons (Fsp3) is 0.533. The summed E-state index contributed by atoms with van der Waals surface area (Å²) >= 11 is 0. The van der Waals surface area contributed by atoms with Crippen LogP contribution in [0, 0.1) is 19.8 Å². The maximum absolute atomic E-state index is 12.7. The molecular weight excluding hydrogens is 268 g/mol. The Hall–Kier alpha value is -1.95. The normalized spacial score (nSPS) is 22.8. The molecule has 2 aromatic heterocycles. The summed E-state index contributed by atoms with van der Waals surface area (Å²) in [5.41, 5.74) is 2.95. The number of carbonyl (C=O) groups excluding carboxylic acids is 1. The molecule has 6 nitrogen and oxygen atoms in total. The first-order valence-corrected chi connectivity index (χ1v) is 7.26. The van der Waals surface area contributed by atoms with Crippen LogP contribution in [0.3, 0.4) is 0 Å². The largest absolute Gasteiger partial charge is 0.391 e. The van der Waals surface area contributed by atoms with E-state index in [1.807, 2.05) is 26.8 Å². The average molecular weight is 288 g/mol. The molecule has 0 radical (unpaired) electrons. The molecule has 0 spiro atoms. The zero-order valence-electron chi connectivity index (χ0n) is 12.6. The van der Waals surface area contributed by atoms with Crippen LogP contribution in [0.2, 0.25) is 0 Å². The molecule has 3 heterocycles. The summed E-state index contributed by atoms with van der Waals surface area (Å²) in [6, 6.07) is 1.88. The molecule has 2 unspecified atom stereocenters. The number of aliphatic hydroxyl groups is 1. The smallest absolute Gasteiger partial charge is 0.257 e. The zero-order chi connectivity index (χ0) is 15.1. The molecule has 2 atom stereocenters. The van der Waals surface area contributed by atoms with Crippen LogP contribution in [0.1, 0.15) is 35.1 Å². The number of carbonyl (C=O) groups is 1. The first kappa shape index (κ1) is 14.0. The minimum Gasteiger partial charge on any atom is -0.391 e. The van der Waals surface area contributed by atoms with E-state index >= 15 is 0 Å². The van der Waals surface area contributed by atoms with E-state index in [4.69, 9.17) is 0 Å². The summed E-state index contributed by atoms with van der Waals surface area (Å²) in [6.45, 7) is 6.84. The molecule has 0 saturated carbocycles. The summed E-state index contributed by atoms with van der Waals surface area (Å²) in [5, 5.41) is 14.3. The predicted octanol–water partition coefficient (Wildman–Crippen LogP) is 1.19. The van der Waals surface area contributed by atoms with Gasteiger partial charge in [0.1, 0.15) is 0 Å². The van der Waals surface area contributed by atoms with Gasteiger partial charge in [-0.25, -0.2) is 9.50 Å². The highest BCUT2D eigenvalue weighted by molar-refractivity contribution is 5.95. The van der Waals surface area contributed by atoms with Crippen LogP contribution in [0.25, 0.3) is 5.65 Å². The van der Waals surface area contributed by atoms with E-state index in [2.05, 4.69) is 10.1 Å². The molecule has 1 saturated heterocycles. The summed E-state index contributed by atoms with van der Waals surface area (Å²) in [4.78, 5) is 18.7. The van der Waals surface area contributed by atoms with Gasteiger partial charge in [0.25, 0.3) is 5.91 Å². The summed E-state index contributed by atoms with van der Waals surface area (Å²) in [7, 11) is 0. The molecule has 0 aliphatic carbocycles. The topological polar surface area (TPSA) is 70.7 Å². The van der Waals surface area contributed by atoms with Crippen LogP contribution >= 0.6 is 0 Å². The lowest BCUT2D eigenvalue weighted by molar-refractivity contribution is 0.0247. The van der Waals surface area contributed by atoms with Gasteiger partial charge in [-0.3, -0.25) is 4.79 Å². The van der Waals surface area contributed by atoms with Crippen molar-refractivity contribution in [2.24, 2.45) is 5.92 Å². The third-order valence-electron chi connectivity index (χ3n) is 4.28. The monoisotopic (exact) mass is 288 g/mol.